The van der Waals surface area contributed by atoms with Crippen LogP contribution in [-0.4, -0.2) is 66.3 Å². The first-order valence-corrected chi connectivity index (χ1v) is 14.9. The van der Waals surface area contributed by atoms with Crippen LogP contribution in [0.5, 0.6) is 0 Å². The standard InChI is InChI=1S/C28H28Br2N4O3S/c1-18-15-21(5-7-23(18)30)34-10-9-24(27(34)36)31-26(35)28(37)33-13-11-32(12-14-33)17-22-6-8-25(38-22)19-3-2-4-20(29)16-19/h2-8,15-16,24H,9-14,17H2,1H3,(H,31,35). The summed E-state index contributed by atoms with van der Waals surface area (Å²) >= 11 is 8.78. The average Bonchev–Trinajstić information content (AvgIpc) is 3.52. The second kappa shape index (κ2) is 11.7. The highest BCUT2D eigenvalue weighted by molar-refractivity contribution is 9.10. The number of nitrogens with zero attached hydrogens (tertiary/aromatic N) is 3. The number of thiophene rings is 1. The molecule has 7 nitrogen and oxygen atoms in total. The van der Waals surface area contributed by atoms with Gasteiger partial charge in [-0.3, -0.25) is 19.3 Å². The van der Waals surface area contributed by atoms with Crippen LogP contribution in [0.25, 0.3) is 10.4 Å². The Balaban J connectivity index is 1.10. The lowest BCUT2D eigenvalue weighted by Crippen LogP contribution is -2.54. The molecule has 0 saturated carbocycles. The molecule has 1 aromatic heterocycles. The van der Waals surface area contributed by atoms with Gasteiger partial charge in [0.05, 0.1) is 0 Å². The topological polar surface area (TPSA) is 73.0 Å². The lowest BCUT2D eigenvalue weighted by Gasteiger charge is -2.34. The first kappa shape index (κ1) is 27.1. The van der Waals surface area contributed by atoms with Crippen molar-refractivity contribution >= 4 is 66.6 Å². The third kappa shape index (κ3) is 6.03. The minimum Gasteiger partial charge on any atom is -0.336 e. The lowest BCUT2D eigenvalue weighted by atomic mass is 10.2. The summed E-state index contributed by atoms with van der Waals surface area (Å²) in [5, 5.41) is 2.68. The Morgan fingerprint density at radius 1 is 1.00 bits per heavy atom. The van der Waals surface area contributed by atoms with Crippen molar-refractivity contribution in [3.63, 3.8) is 0 Å². The van der Waals surface area contributed by atoms with E-state index in [4.69, 9.17) is 0 Å². The van der Waals surface area contributed by atoms with Gasteiger partial charge < -0.3 is 15.1 Å². The maximum atomic E-state index is 12.9. The molecule has 2 aliphatic heterocycles. The molecule has 2 saturated heterocycles. The summed E-state index contributed by atoms with van der Waals surface area (Å²) in [6, 6.07) is 17.6. The molecule has 3 heterocycles. The number of rotatable bonds is 5. The van der Waals surface area contributed by atoms with Crippen LogP contribution in [0.3, 0.4) is 0 Å². The van der Waals surface area contributed by atoms with Gasteiger partial charge in [-0.2, -0.15) is 0 Å². The van der Waals surface area contributed by atoms with Crippen molar-refractivity contribution < 1.29 is 14.4 Å². The van der Waals surface area contributed by atoms with E-state index in [-0.39, 0.29) is 5.91 Å². The summed E-state index contributed by atoms with van der Waals surface area (Å²) in [6.07, 6.45) is 0.476. The van der Waals surface area contributed by atoms with Crippen molar-refractivity contribution in [1.29, 1.82) is 0 Å². The quantitative estimate of drug-likeness (QED) is 0.399. The van der Waals surface area contributed by atoms with Gasteiger partial charge in [-0.05, 0) is 66.9 Å². The molecular weight excluding hydrogens is 632 g/mol. The van der Waals surface area contributed by atoms with Gasteiger partial charge in [-0.1, -0.05) is 44.0 Å². The number of amides is 3. The fourth-order valence-corrected chi connectivity index (χ4v) is 6.51. The van der Waals surface area contributed by atoms with Crippen LogP contribution in [0.1, 0.15) is 16.9 Å². The minimum absolute atomic E-state index is 0.184. The molecular formula is C28H28Br2N4O3S. The third-order valence-corrected chi connectivity index (χ3v) is 9.47. The van der Waals surface area contributed by atoms with Crippen molar-refractivity contribution in [2.75, 3.05) is 37.6 Å². The summed E-state index contributed by atoms with van der Waals surface area (Å²) in [7, 11) is 0. The van der Waals surface area contributed by atoms with Crippen LogP contribution in [-0.2, 0) is 20.9 Å². The maximum Gasteiger partial charge on any atom is 0.311 e. The molecule has 2 fully saturated rings. The predicted molar refractivity (Wildman–Crippen MR) is 157 cm³/mol. The fourth-order valence-electron chi connectivity index (χ4n) is 4.82. The Bertz CT molecular complexity index is 1370. The summed E-state index contributed by atoms with van der Waals surface area (Å²) < 4.78 is 2.04. The largest absolute Gasteiger partial charge is 0.336 e. The lowest BCUT2D eigenvalue weighted by molar-refractivity contribution is -0.147. The van der Waals surface area contributed by atoms with Crippen LogP contribution in [0.15, 0.2) is 63.5 Å². The van der Waals surface area contributed by atoms with Gasteiger partial charge in [-0.15, -0.1) is 11.3 Å². The molecule has 5 rings (SSSR count). The average molecular weight is 660 g/mol. The monoisotopic (exact) mass is 658 g/mol. The van der Waals surface area contributed by atoms with Gasteiger partial charge >= 0.3 is 11.8 Å². The second-order valence-corrected chi connectivity index (χ2v) is 12.5. The molecule has 3 amide bonds. The zero-order chi connectivity index (χ0) is 26.8. The van der Waals surface area contributed by atoms with E-state index in [1.54, 1.807) is 21.1 Å². The molecule has 10 heteroatoms. The van der Waals surface area contributed by atoms with E-state index in [0.29, 0.717) is 39.1 Å². The number of aryl methyl sites for hydroxylation is 1. The fraction of sp³-hybridized carbons (Fsp3) is 0.321. The van der Waals surface area contributed by atoms with Gasteiger partial charge in [0.25, 0.3) is 0 Å². The van der Waals surface area contributed by atoms with Crippen LogP contribution in [0.2, 0.25) is 0 Å². The summed E-state index contributed by atoms with van der Waals surface area (Å²) in [4.78, 5) is 46.5. The Morgan fingerprint density at radius 2 is 1.79 bits per heavy atom. The second-order valence-electron chi connectivity index (χ2n) is 9.58. The number of carbonyl (C=O) groups is 3. The molecule has 1 unspecified atom stereocenters. The van der Waals surface area contributed by atoms with Crippen molar-refractivity contribution in [1.82, 2.24) is 15.1 Å². The molecule has 0 aliphatic carbocycles. The molecule has 2 aliphatic rings. The van der Waals surface area contributed by atoms with E-state index in [1.165, 1.54) is 15.3 Å². The van der Waals surface area contributed by atoms with E-state index < -0.39 is 17.9 Å². The number of hydrogen-bond acceptors (Lipinski definition) is 5. The van der Waals surface area contributed by atoms with E-state index in [2.05, 4.69) is 66.3 Å². The Hall–Kier alpha value is -2.53. The highest BCUT2D eigenvalue weighted by Gasteiger charge is 2.36. The van der Waals surface area contributed by atoms with Crippen molar-refractivity contribution in [2.45, 2.75) is 25.9 Å². The molecule has 0 radical (unpaired) electrons. The normalized spacial score (nSPS) is 18.2. The molecule has 0 bridgehead atoms. The number of piperazine rings is 1. The number of benzene rings is 2. The number of hydrogen-bond donors (Lipinski definition) is 1. The predicted octanol–water partition coefficient (Wildman–Crippen LogP) is 4.81. The summed E-state index contributed by atoms with van der Waals surface area (Å²) in [5.41, 5.74) is 3.01. The maximum absolute atomic E-state index is 12.9. The van der Waals surface area contributed by atoms with Crippen molar-refractivity contribution in [3.05, 3.63) is 74.0 Å². The molecule has 2 aromatic carbocycles. The first-order valence-electron chi connectivity index (χ1n) is 12.5. The zero-order valence-electron chi connectivity index (χ0n) is 21.0. The van der Waals surface area contributed by atoms with Gasteiger partial charge in [-0.25, -0.2) is 0 Å². The van der Waals surface area contributed by atoms with Crippen molar-refractivity contribution in [3.8, 4) is 10.4 Å². The number of nitrogens with one attached hydrogen (secondary N) is 1. The molecule has 3 aromatic rings. The van der Waals surface area contributed by atoms with Gasteiger partial charge in [0.2, 0.25) is 5.91 Å². The molecule has 1 atom stereocenters. The summed E-state index contributed by atoms with van der Waals surface area (Å²) in [6.45, 7) is 5.65. The van der Waals surface area contributed by atoms with E-state index in [1.807, 2.05) is 37.3 Å². The Labute approximate surface area is 243 Å². The van der Waals surface area contributed by atoms with Gasteiger partial charge in [0.15, 0.2) is 0 Å². The van der Waals surface area contributed by atoms with Crippen molar-refractivity contribution in [2.24, 2.45) is 0 Å². The molecule has 198 valence electrons. The van der Waals surface area contributed by atoms with Crippen LogP contribution in [0, 0.1) is 6.92 Å². The smallest absolute Gasteiger partial charge is 0.311 e. The molecule has 0 spiro atoms. The number of carbonyl (C=O) groups excluding carboxylic acids is 3. The SMILES string of the molecule is Cc1cc(N2CCC(NC(=O)C(=O)N3CCN(Cc4ccc(-c5cccc(Br)c5)s4)CC3)C2=O)ccc1Br. The Kier molecular flexibility index (Phi) is 8.32. The summed E-state index contributed by atoms with van der Waals surface area (Å²) in [5.74, 6) is -1.46. The van der Waals surface area contributed by atoms with Gasteiger partial charge in [0, 0.05) is 63.7 Å². The zero-order valence-corrected chi connectivity index (χ0v) is 24.9. The minimum atomic E-state index is -0.706. The number of anilines is 1. The van der Waals surface area contributed by atoms with E-state index >= 15 is 0 Å². The highest BCUT2D eigenvalue weighted by atomic mass is 79.9. The van der Waals surface area contributed by atoms with Gasteiger partial charge in [0.1, 0.15) is 6.04 Å². The van der Waals surface area contributed by atoms with E-state index in [0.717, 1.165) is 26.7 Å². The van der Waals surface area contributed by atoms with Crippen LogP contribution < -0.4 is 10.2 Å². The first-order chi connectivity index (χ1) is 18.3. The van der Waals surface area contributed by atoms with Crippen LogP contribution >= 0.6 is 43.2 Å². The van der Waals surface area contributed by atoms with Crippen LogP contribution in [0.4, 0.5) is 5.69 Å². The molecule has 1 N–H and O–H groups in total. The highest BCUT2D eigenvalue weighted by Crippen LogP contribution is 2.31. The molecule has 38 heavy (non-hydrogen) atoms. The number of halogens is 2. The van der Waals surface area contributed by atoms with E-state index in [9.17, 15) is 14.4 Å². The Morgan fingerprint density at radius 3 is 2.53 bits per heavy atom. The third-order valence-electron chi connectivity index (χ3n) is 6.97.